The highest BCUT2D eigenvalue weighted by Crippen LogP contribution is 2.44. The molecule has 0 saturated carbocycles. The van der Waals surface area contributed by atoms with Gasteiger partial charge in [-0.05, 0) is 44.9 Å². The lowest BCUT2D eigenvalue weighted by molar-refractivity contribution is -0.120. The van der Waals surface area contributed by atoms with Crippen molar-refractivity contribution in [3.05, 3.63) is 36.0 Å². The van der Waals surface area contributed by atoms with Crippen molar-refractivity contribution < 1.29 is 14.3 Å². The summed E-state index contributed by atoms with van der Waals surface area (Å²) in [5.74, 6) is 1.30. The minimum absolute atomic E-state index is 0.0828. The highest BCUT2D eigenvalue weighted by Gasteiger charge is 2.46. The van der Waals surface area contributed by atoms with Gasteiger partial charge < -0.3 is 14.4 Å². The summed E-state index contributed by atoms with van der Waals surface area (Å²) in [6.45, 7) is 9.92. The van der Waals surface area contributed by atoms with Crippen LogP contribution in [0.5, 0.6) is 11.5 Å². The van der Waals surface area contributed by atoms with Crippen molar-refractivity contribution in [3.63, 3.8) is 0 Å². The number of likely N-dealkylation sites (N-methyl/N-ethyl adjacent to an activating group) is 1. The van der Waals surface area contributed by atoms with E-state index in [1.54, 1.807) is 6.92 Å². The predicted octanol–water partition coefficient (Wildman–Crippen LogP) is 2.77. The summed E-state index contributed by atoms with van der Waals surface area (Å²) in [7, 11) is 1.87. The number of carbonyl (C=O) groups is 1. The summed E-state index contributed by atoms with van der Waals surface area (Å²) < 4.78 is 10.8. The molecule has 6 heteroatoms. The van der Waals surface area contributed by atoms with Crippen molar-refractivity contribution in [3.8, 4) is 17.6 Å². The van der Waals surface area contributed by atoms with Gasteiger partial charge in [-0.15, -0.1) is 0 Å². The van der Waals surface area contributed by atoms with Crippen LogP contribution >= 0.6 is 0 Å². The Labute approximate surface area is 154 Å². The molecule has 1 N–H and O–H groups in total. The minimum Gasteiger partial charge on any atom is -0.454 e. The average molecular weight is 355 g/mol. The first-order chi connectivity index (χ1) is 12.3. The zero-order valence-corrected chi connectivity index (χ0v) is 15.7. The number of hydrogen-bond acceptors (Lipinski definition) is 6. The van der Waals surface area contributed by atoms with Crippen LogP contribution in [0.2, 0.25) is 0 Å². The summed E-state index contributed by atoms with van der Waals surface area (Å²) in [6, 6.07) is 7.79. The van der Waals surface area contributed by atoms with Crippen LogP contribution in [0.15, 0.2) is 30.5 Å². The van der Waals surface area contributed by atoms with Crippen LogP contribution in [-0.4, -0.2) is 36.1 Å². The molecule has 0 bridgehead atoms. The zero-order valence-electron chi connectivity index (χ0n) is 15.7. The number of ketones is 1. The number of nitrogens with one attached hydrogen (secondary N) is 1. The highest BCUT2D eigenvalue weighted by molar-refractivity contribution is 5.81. The van der Waals surface area contributed by atoms with Crippen LogP contribution in [-0.2, 0) is 4.79 Å². The number of fused-ring (bicyclic) bond motifs is 1. The van der Waals surface area contributed by atoms with E-state index in [1.807, 2.05) is 44.0 Å². The average Bonchev–Trinajstić information content (AvgIpc) is 3.23. The Morgan fingerprint density at radius 2 is 2.15 bits per heavy atom. The van der Waals surface area contributed by atoms with Gasteiger partial charge in [0.05, 0.1) is 23.6 Å². The first-order valence-corrected chi connectivity index (χ1v) is 8.76. The summed E-state index contributed by atoms with van der Waals surface area (Å²) in [5, 5.41) is 13.3. The van der Waals surface area contributed by atoms with E-state index in [2.05, 4.69) is 18.0 Å². The molecule has 26 heavy (non-hydrogen) atoms. The number of carbonyl (C=O) groups excluding carboxylic acids is 1. The second kappa shape index (κ2) is 6.65. The second-order valence-electron chi connectivity index (χ2n) is 7.35. The van der Waals surface area contributed by atoms with Crippen molar-refractivity contribution in [1.82, 2.24) is 10.2 Å². The number of benzene rings is 1. The molecule has 0 amide bonds. The SMILES string of the molecule is C=C(N(C)C(C)C(C)=O)C1(C)CC(C#N)C(c2ccc3c(c2)OCO3)N1. The van der Waals surface area contributed by atoms with Gasteiger partial charge >= 0.3 is 0 Å². The molecular formula is C20H25N3O3. The number of nitriles is 1. The van der Waals surface area contributed by atoms with E-state index in [9.17, 15) is 10.1 Å². The number of hydrogen-bond donors (Lipinski definition) is 1. The summed E-state index contributed by atoms with van der Waals surface area (Å²) >= 11 is 0. The first kappa shape index (κ1) is 18.3. The van der Waals surface area contributed by atoms with Gasteiger partial charge in [0.2, 0.25) is 6.79 Å². The maximum Gasteiger partial charge on any atom is 0.231 e. The Morgan fingerprint density at radius 3 is 2.81 bits per heavy atom. The Hall–Kier alpha value is -2.52. The number of rotatable bonds is 5. The second-order valence-corrected chi connectivity index (χ2v) is 7.35. The fourth-order valence-corrected chi connectivity index (χ4v) is 3.70. The molecule has 0 aliphatic carbocycles. The van der Waals surface area contributed by atoms with E-state index < -0.39 is 5.54 Å². The Balaban J connectivity index is 1.85. The Kier molecular flexibility index (Phi) is 4.68. The summed E-state index contributed by atoms with van der Waals surface area (Å²) in [4.78, 5) is 13.6. The molecule has 2 aliphatic rings. The zero-order chi connectivity index (χ0) is 19.1. The van der Waals surface area contributed by atoms with E-state index >= 15 is 0 Å². The normalized spacial score (nSPS) is 27.7. The largest absolute Gasteiger partial charge is 0.454 e. The van der Waals surface area contributed by atoms with Crippen LogP contribution < -0.4 is 14.8 Å². The lowest BCUT2D eigenvalue weighted by atomic mass is 9.89. The third-order valence-corrected chi connectivity index (χ3v) is 5.66. The van der Waals surface area contributed by atoms with E-state index in [4.69, 9.17) is 9.47 Å². The maximum absolute atomic E-state index is 11.7. The molecule has 1 saturated heterocycles. The Morgan fingerprint density at radius 1 is 1.46 bits per heavy atom. The van der Waals surface area contributed by atoms with Crippen LogP contribution in [0.25, 0.3) is 0 Å². The van der Waals surface area contributed by atoms with Gasteiger partial charge in [0.25, 0.3) is 0 Å². The molecule has 3 rings (SSSR count). The minimum atomic E-state index is -0.472. The number of ether oxygens (including phenoxy) is 2. The molecule has 138 valence electrons. The number of Topliss-reactive ketones (excluding diaryl/α,β-unsaturated/α-hetero) is 1. The fourth-order valence-electron chi connectivity index (χ4n) is 3.70. The third kappa shape index (κ3) is 3.04. The molecule has 6 nitrogen and oxygen atoms in total. The van der Waals surface area contributed by atoms with Gasteiger partial charge in [-0.1, -0.05) is 12.6 Å². The standard InChI is InChI=1S/C20H25N3O3/c1-12(13(2)24)23(5)14(3)20(4)9-16(10-21)19(22-20)15-6-7-17-18(8-15)26-11-25-17/h6-8,12,16,19,22H,3,9,11H2,1-2,4-5H3. The summed E-state index contributed by atoms with van der Waals surface area (Å²) in [6.07, 6.45) is 0.621. The molecule has 4 unspecified atom stereocenters. The van der Waals surface area contributed by atoms with Gasteiger partial charge in [-0.3, -0.25) is 10.1 Å². The predicted molar refractivity (Wildman–Crippen MR) is 97.6 cm³/mol. The van der Waals surface area contributed by atoms with Gasteiger partial charge in [-0.25, -0.2) is 0 Å². The molecule has 4 atom stereocenters. The quantitative estimate of drug-likeness (QED) is 0.875. The monoisotopic (exact) mass is 355 g/mol. The fraction of sp³-hybridized carbons (Fsp3) is 0.500. The van der Waals surface area contributed by atoms with E-state index in [0.717, 1.165) is 17.0 Å². The maximum atomic E-state index is 11.7. The lowest BCUT2D eigenvalue weighted by Crippen LogP contribution is -2.47. The molecular weight excluding hydrogens is 330 g/mol. The molecule has 2 aliphatic heterocycles. The van der Waals surface area contributed by atoms with Crippen molar-refractivity contribution in [2.75, 3.05) is 13.8 Å². The number of nitrogens with zero attached hydrogens (tertiary/aromatic N) is 2. The lowest BCUT2D eigenvalue weighted by Gasteiger charge is -2.37. The molecule has 0 radical (unpaired) electrons. The van der Waals surface area contributed by atoms with Crippen molar-refractivity contribution >= 4 is 5.78 Å². The van der Waals surface area contributed by atoms with Crippen LogP contribution in [0.3, 0.4) is 0 Å². The van der Waals surface area contributed by atoms with Crippen LogP contribution in [0.1, 0.15) is 38.8 Å². The van der Waals surface area contributed by atoms with Gasteiger partial charge in [0.15, 0.2) is 17.3 Å². The van der Waals surface area contributed by atoms with Gasteiger partial charge in [0.1, 0.15) is 0 Å². The van der Waals surface area contributed by atoms with E-state index in [-0.39, 0.29) is 30.6 Å². The third-order valence-electron chi connectivity index (χ3n) is 5.66. The van der Waals surface area contributed by atoms with Crippen LogP contribution in [0.4, 0.5) is 0 Å². The van der Waals surface area contributed by atoms with Crippen molar-refractivity contribution in [2.45, 2.75) is 44.8 Å². The van der Waals surface area contributed by atoms with Crippen LogP contribution in [0, 0.1) is 17.2 Å². The molecule has 1 fully saturated rings. The smallest absolute Gasteiger partial charge is 0.231 e. The molecule has 0 spiro atoms. The van der Waals surface area contributed by atoms with Gasteiger partial charge in [0, 0.05) is 18.8 Å². The van der Waals surface area contributed by atoms with E-state index in [0.29, 0.717) is 12.2 Å². The Bertz CT molecular complexity index is 785. The highest BCUT2D eigenvalue weighted by atomic mass is 16.7. The molecule has 1 aromatic rings. The topological polar surface area (TPSA) is 74.6 Å². The molecule has 2 heterocycles. The van der Waals surface area contributed by atoms with E-state index in [1.165, 1.54) is 0 Å². The first-order valence-electron chi connectivity index (χ1n) is 8.76. The molecule has 1 aromatic carbocycles. The summed E-state index contributed by atoms with van der Waals surface area (Å²) in [5.41, 5.74) is 1.32. The van der Waals surface area contributed by atoms with Crippen molar-refractivity contribution in [2.24, 2.45) is 5.92 Å². The van der Waals surface area contributed by atoms with Gasteiger partial charge in [-0.2, -0.15) is 5.26 Å². The van der Waals surface area contributed by atoms with Crippen molar-refractivity contribution in [1.29, 1.82) is 5.26 Å². The molecule has 0 aromatic heterocycles.